The first-order chi connectivity index (χ1) is 13.1. The van der Waals surface area contributed by atoms with Crippen LogP contribution in [-0.2, 0) is 11.2 Å². The summed E-state index contributed by atoms with van der Waals surface area (Å²) in [4.78, 5) is 14.9. The summed E-state index contributed by atoms with van der Waals surface area (Å²) >= 11 is 0. The Hall–Kier alpha value is -2.53. The maximum Gasteiger partial charge on any atom is 0.224 e. The monoisotopic (exact) mass is 370 g/mol. The van der Waals surface area contributed by atoms with Gasteiger partial charge in [-0.05, 0) is 36.9 Å². The highest BCUT2D eigenvalue weighted by atomic mass is 16.5. The van der Waals surface area contributed by atoms with Crippen LogP contribution in [0.5, 0.6) is 11.5 Å². The van der Waals surface area contributed by atoms with Crippen LogP contribution in [0.25, 0.3) is 0 Å². The zero-order valence-electron chi connectivity index (χ0n) is 16.7. The quantitative estimate of drug-likeness (QED) is 0.696. The number of nitrogens with zero attached hydrogens (tertiary/aromatic N) is 1. The number of ether oxygens (including phenoxy) is 2. The third kappa shape index (κ3) is 5.73. The van der Waals surface area contributed by atoms with Crippen LogP contribution >= 0.6 is 0 Å². The van der Waals surface area contributed by atoms with Gasteiger partial charge in [0.15, 0.2) is 0 Å². The molecule has 1 unspecified atom stereocenters. The first kappa shape index (κ1) is 20.8. The van der Waals surface area contributed by atoms with E-state index in [1.54, 1.807) is 14.2 Å². The molecule has 5 nitrogen and oxygen atoms in total. The molecule has 1 N–H and O–H groups in total. The molecule has 0 heterocycles. The number of amides is 1. The fraction of sp³-hybridized carbons (Fsp3) is 0.409. The van der Waals surface area contributed by atoms with E-state index in [9.17, 15) is 4.79 Å². The number of nitrogens with one attached hydrogen (secondary N) is 1. The number of hydrogen-bond donors (Lipinski definition) is 1. The molecule has 0 aromatic heterocycles. The van der Waals surface area contributed by atoms with Crippen molar-refractivity contribution in [1.29, 1.82) is 0 Å². The number of carbonyl (C=O) groups is 1. The van der Waals surface area contributed by atoms with Crippen LogP contribution in [0.1, 0.15) is 31.0 Å². The highest BCUT2D eigenvalue weighted by molar-refractivity contribution is 5.79. The third-order valence-electron chi connectivity index (χ3n) is 4.77. The highest BCUT2D eigenvalue weighted by Gasteiger charge is 2.19. The topological polar surface area (TPSA) is 50.8 Å². The summed E-state index contributed by atoms with van der Waals surface area (Å²) in [7, 11) is 3.22. The van der Waals surface area contributed by atoms with E-state index in [1.807, 2.05) is 36.4 Å². The third-order valence-corrected chi connectivity index (χ3v) is 4.77. The standard InChI is InChI=1S/C22H30N2O3/c1-5-24(6-2)20(17-10-8-7-9-11-17)16-23-22(25)15-18-14-19(26-3)12-13-21(18)27-4/h7-14,20H,5-6,15-16H2,1-4H3,(H,23,25). The van der Waals surface area contributed by atoms with E-state index in [0.29, 0.717) is 18.0 Å². The van der Waals surface area contributed by atoms with Gasteiger partial charge in [-0.3, -0.25) is 9.69 Å². The number of carbonyl (C=O) groups excluding carboxylic acids is 1. The van der Waals surface area contributed by atoms with E-state index in [4.69, 9.17) is 9.47 Å². The van der Waals surface area contributed by atoms with Gasteiger partial charge < -0.3 is 14.8 Å². The van der Waals surface area contributed by atoms with Gasteiger partial charge >= 0.3 is 0 Å². The molecule has 27 heavy (non-hydrogen) atoms. The molecule has 0 saturated heterocycles. The van der Waals surface area contributed by atoms with Crippen LogP contribution in [0, 0.1) is 0 Å². The van der Waals surface area contributed by atoms with Gasteiger partial charge in [0.25, 0.3) is 0 Å². The van der Waals surface area contributed by atoms with Gasteiger partial charge in [-0.1, -0.05) is 44.2 Å². The summed E-state index contributed by atoms with van der Waals surface area (Å²) in [5.41, 5.74) is 2.02. The zero-order chi connectivity index (χ0) is 19.6. The summed E-state index contributed by atoms with van der Waals surface area (Å²) in [6, 6.07) is 16.0. The molecule has 0 spiro atoms. The van der Waals surface area contributed by atoms with E-state index in [-0.39, 0.29) is 18.4 Å². The molecular formula is C22H30N2O3. The summed E-state index contributed by atoms with van der Waals surface area (Å²) < 4.78 is 10.6. The average Bonchev–Trinajstić information content (AvgIpc) is 2.71. The zero-order valence-corrected chi connectivity index (χ0v) is 16.7. The Balaban J connectivity index is 2.08. The molecule has 0 aliphatic heterocycles. The number of methoxy groups -OCH3 is 2. The van der Waals surface area contributed by atoms with Crippen LogP contribution in [0.3, 0.4) is 0 Å². The van der Waals surface area contributed by atoms with Crippen LogP contribution in [0.15, 0.2) is 48.5 Å². The molecule has 0 bridgehead atoms. The van der Waals surface area contributed by atoms with Crippen molar-refractivity contribution in [2.45, 2.75) is 26.3 Å². The fourth-order valence-corrected chi connectivity index (χ4v) is 3.26. The minimum absolute atomic E-state index is 0.0327. The first-order valence-corrected chi connectivity index (χ1v) is 9.39. The van der Waals surface area contributed by atoms with Gasteiger partial charge in [0.05, 0.1) is 26.7 Å². The molecular weight excluding hydrogens is 340 g/mol. The Bertz CT molecular complexity index is 715. The molecule has 0 saturated carbocycles. The second-order valence-corrected chi connectivity index (χ2v) is 6.31. The Morgan fingerprint density at radius 3 is 2.33 bits per heavy atom. The molecule has 1 amide bonds. The normalized spacial score (nSPS) is 11.9. The van der Waals surface area contributed by atoms with E-state index in [2.05, 4.69) is 36.2 Å². The molecule has 0 aliphatic rings. The highest BCUT2D eigenvalue weighted by Crippen LogP contribution is 2.24. The number of rotatable bonds is 10. The molecule has 2 rings (SSSR count). The van der Waals surface area contributed by atoms with Crippen molar-refractivity contribution >= 4 is 5.91 Å². The summed E-state index contributed by atoms with van der Waals surface area (Å²) in [5.74, 6) is 1.37. The van der Waals surface area contributed by atoms with Crippen molar-refractivity contribution in [3.05, 3.63) is 59.7 Å². The fourth-order valence-electron chi connectivity index (χ4n) is 3.26. The van der Waals surface area contributed by atoms with Gasteiger partial charge in [-0.15, -0.1) is 0 Å². The maximum atomic E-state index is 12.6. The summed E-state index contributed by atoms with van der Waals surface area (Å²) in [5, 5.41) is 3.09. The first-order valence-electron chi connectivity index (χ1n) is 9.39. The van der Waals surface area contributed by atoms with Gasteiger partial charge in [0, 0.05) is 12.1 Å². The summed E-state index contributed by atoms with van der Waals surface area (Å²) in [6.45, 7) is 6.70. The molecule has 146 valence electrons. The minimum Gasteiger partial charge on any atom is -0.497 e. The Kier molecular flexibility index (Phi) is 8.14. The van der Waals surface area contributed by atoms with E-state index >= 15 is 0 Å². The van der Waals surface area contributed by atoms with Crippen molar-refractivity contribution < 1.29 is 14.3 Å². The molecule has 2 aromatic carbocycles. The molecule has 0 fully saturated rings. The van der Waals surface area contributed by atoms with Crippen molar-refractivity contribution in [3.63, 3.8) is 0 Å². The lowest BCUT2D eigenvalue weighted by Crippen LogP contribution is -2.38. The number of benzene rings is 2. The van der Waals surface area contributed by atoms with Crippen molar-refractivity contribution in [2.75, 3.05) is 33.9 Å². The predicted octanol–water partition coefficient (Wildman–Crippen LogP) is 3.45. The van der Waals surface area contributed by atoms with Crippen LogP contribution in [0.2, 0.25) is 0 Å². The smallest absolute Gasteiger partial charge is 0.224 e. The lowest BCUT2D eigenvalue weighted by atomic mass is 10.0. The van der Waals surface area contributed by atoms with Crippen molar-refractivity contribution in [3.8, 4) is 11.5 Å². The molecule has 5 heteroatoms. The molecule has 2 aromatic rings. The number of likely N-dealkylation sites (N-methyl/N-ethyl adjacent to an activating group) is 1. The van der Waals surface area contributed by atoms with Gasteiger partial charge in [0.2, 0.25) is 5.91 Å². The lowest BCUT2D eigenvalue weighted by Gasteiger charge is -2.30. The Morgan fingerprint density at radius 2 is 1.74 bits per heavy atom. The number of hydrogen-bond acceptors (Lipinski definition) is 4. The molecule has 0 radical (unpaired) electrons. The van der Waals surface area contributed by atoms with Gasteiger partial charge in [-0.2, -0.15) is 0 Å². The summed E-state index contributed by atoms with van der Waals surface area (Å²) in [6.07, 6.45) is 0.250. The van der Waals surface area contributed by atoms with Crippen LogP contribution < -0.4 is 14.8 Å². The van der Waals surface area contributed by atoms with E-state index in [0.717, 1.165) is 18.7 Å². The average molecular weight is 370 g/mol. The maximum absolute atomic E-state index is 12.6. The Morgan fingerprint density at radius 1 is 1.04 bits per heavy atom. The molecule has 1 atom stereocenters. The van der Waals surface area contributed by atoms with E-state index < -0.39 is 0 Å². The van der Waals surface area contributed by atoms with Crippen LogP contribution in [0.4, 0.5) is 0 Å². The minimum atomic E-state index is -0.0327. The van der Waals surface area contributed by atoms with Gasteiger partial charge in [-0.25, -0.2) is 0 Å². The second-order valence-electron chi connectivity index (χ2n) is 6.31. The molecule has 0 aliphatic carbocycles. The van der Waals surface area contributed by atoms with Crippen molar-refractivity contribution in [1.82, 2.24) is 10.2 Å². The van der Waals surface area contributed by atoms with Crippen LogP contribution in [-0.4, -0.2) is 44.7 Å². The van der Waals surface area contributed by atoms with Crippen molar-refractivity contribution in [2.24, 2.45) is 0 Å². The SMILES string of the molecule is CCN(CC)C(CNC(=O)Cc1cc(OC)ccc1OC)c1ccccc1. The second kappa shape index (κ2) is 10.6. The largest absolute Gasteiger partial charge is 0.497 e. The van der Waals surface area contributed by atoms with E-state index in [1.165, 1.54) is 5.56 Å². The van der Waals surface area contributed by atoms with Gasteiger partial charge in [0.1, 0.15) is 11.5 Å². The predicted molar refractivity (Wildman–Crippen MR) is 108 cm³/mol. The Labute approximate surface area is 162 Å². The lowest BCUT2D eigenvalue weighted by molar-refractivity contribution is -0.120.